The minimum Gasteiger partial charge on any atom is -0.311 e. The van der Waals surface area contributed by atoms with Gasteiger partial charge in [-0.2, -0.15) is 0 Å². The Morgan fingerprint density at radius 3 is 1.39 bits per heavy atom. The molecule has 0 spiro atoms. The van der Waals surface area contributed by atoms with Crippen LogP contribution in [0.25, 0.3) is 83.1 Å². The summed E-state index contributed by atoms with van der Waals surface area (Å²) in [6.45, 7) is 0. The number of fused-ring (bicyclic) bond motifs is 3. The first-order chi connectivity index (χ1) is 32.4. The number of hydrogen-bond acceptors (Lipinski definition) is 1. The Kier molecular flexibility index (Phi) is 8.47. The number of hydrogen-bond donors (Lipinski definition) is 0. The molecule has 11 aromatic rings. The maximum atomic E-state index is 9.69. The van der Waals surface area contributed by atoms with Gasteiger partial charge in [-0.25, -0.2) is 0 Å². The molecular weight excluding hydrogens is 749 g/mol. The van der Waals surface area contributed by atoms with Crippen molar-refractivity contribution in [3.8, 4) is 61.3 Å². The van der Waals surface area contributed by atoms with Crippen LogP contribution < -0.4 is 4.90 Å². The van der Waals surface area contributed by atoms with Crippen molar-refractivity contribution in [1.29, 1.82) is 0 Å². The van der Waals surface area contributed by atoms with Crippen molar-refractivity contribution >= 4 is 38.9 Å². The highest BCUT2D eigenvalue weighted by Gasteiger charge is 2.18. The maximum Gasteiger partial charge on any atom is 0.0645 e. The van der Waals surface area contributed by atoms with Crippen molar-refractivity contribution in [2.45, 2.75) is 0 Å². The zero-order valence-electron chi connectivity index (χ0n) is 37.8. The Hall–Kier alpha value is -8.20. The number of para-hydroxylation sites is 2. The van der Waals surface area contributed by atoms with Crippen LogP contribution in [-0.4, -0.2) is 4.57 Å². The molecule has 11 rings (SSSR count). The Morgan fingerprint density at radius 2 is 0.742 bits per heavy atom. The largest absolute Gasteiger partial charge is 0.311 e. The number of anilines is 3. The molecule has 0 aliphatic rings. The third kappa shape index (κ3) is 6.94. The molecule has 0 aliphatic carbocycles. The lowest BCUT2D eigenvalue weighted by Gasteiger charge is -2.26. The quantitative estimate of drug-likeness (QED) is 0.141. The van der Waals surface area contributed by atoms with Crippen LogP contribution in [0.2, 0.25) is 0 Å². The van der Waals surface area contributed by atoms with Crippen molar-refractivity contribution in [3.05, 3.63) is 255 Å². The van der Waals surface area contributed by atoms with E-state index < -0.39 is 0 Å². The molecule has 0 atom stereocenters. The fourth-order valence-corrected chi connectivity index (χ4v) is 8.63. The van der Waals surface area contributed by atoms with Crippen molar-refractivity contribution in [1.82, 2.24) is 4.57 Å². The molecule has 10 aromatic carbocycles. The van der Waals surface area contributed by atoms with E-state index in [1.807, 2.05) is 114 Å². The van der Waals surface area contributed by atoms with Gasteiger partial charge in [0, 0.05) is 33.4 Å². The van der Waals surface area contributed by atoms with Crippen molar-refractivity contribution in [2.24, 2.45) is 0 Å². The van der Waals surface area contributed by atoms with Gasteiger partial charge in [0.15, 0.2) is 0 Å². The zero-order chi connectivity index (χ0) is 44.7. The van der Waals surface area contributed by atoms with Crippen LogP contribution in [0.4, 0.5) is 17.1 Å². The predicted octanol–water partition coefficient (Wildman–Crippen LogP) is 16.6. The summed E-state index contributed by atoms with van der Waals surface area (Å²) in [5, 5.41) is 1.99. The lowest BCUT2D eigenvalue weighted by Crippen LogP contribution is -2.09. The third-order valence-electron chi connectivity index (χ3n) is 11.7. The summed E-state index contributed by atoms with van der Waals surface area (Å²) in [4.78, 5) is 1.85. The minimum atomic E-state index is -0.128. The summed E-state index contributed by atoms with van der Waals surface area (Å²) in [6, 6.07) is 77.7. The van der Waals surface area contributed by atoms with Crippen LogP contribution in [-0.2, 0) is 0 Å². The molecule has 0 radical (unpaired) electrons. The van der Waals surface area contributed by atoms with Crippen molar-refractivity contribution < 1.29 is 5.48 Å². The van der Waals surface area contributed by atoms with Crippen LogP contribution in [0, 0.1) is 0 Å². The van der Waals surface area contributed by atoms with Crippen molar-refractivity contribution in [2.75, 3.05) is 4.90 Å². The van der Waals surface area contributed by atoms with Crippen LogP contribution in [0.1, 0.15) is 5.48 Å². The molecule has 0 bridgehead atoms. The summed E-state index contributed by atoms with van der Waals surface area (Å²) in [6.07, 6.45) is 0. The second kappa shape index (κ2) is 16.1. The molecule has 0 amide bonds. The molecular formula is C60H42N2. The summed E-state index contributed by atoms with van der Waals surface area (Å²) in [5.41, 5.74) is 14.2. The number of aromatic nitrogens is 1. The fourth-order valence-electron chi connectivity index (χ4n) is 8.63. The normalized spacial score (nSPS) is 12.1. The van der Waals surface area contributed by atoms with Gasteiger partial charge in [0.25, 0.3) is 0 Å². The van der Waals surface area contributed by atoms with Gasteiger partial charge in [0.2, 0.25) is 0 Å². The first-order valence-electron chi connectivity index (χ1n) is 22.9. The monoisotopic (exact) mass is 794 g/mol. The molecule has 62 heavy (non-hydrogen) atoms. The average molecular weight is 795 g/mol. The van der Waals surface area contributed by atoms with E-state index in [2.05, 4.69) is 126 Å². The second-order valence-electron chi connectivity index (χ2n) is 15.4. The number of nitrogens with zero attached hydrogens (tertiary/aromatic N) is 2. The third-order valence-corrected chi connectivity index (χ3v) is 11.7. The topological polar surface area (TPSA) is 8.17 Å². The van der Waals surface area contributed by atoms with E-state index in [9.17, 15) is 5.48 Å². The predicted molar refractivity (Wildman–Crippen MR) is 263 cm³/mol. The van der Waals surface area contributed by atoms with Crippen LogP contribution >= 0.6 is 0 Å². The molecule has 0 aliphatic heterocycles. The Morgan fingerprint density at radius 1 is 0.290 bits per heavy atom. The van der Waals surface area contributed by atoms with Gasteiger partial charge >= 0.3 is 0 Å². The summed E-state index contributed by atoms with van der Waals surface area (Å²) in [5.74, 6) is 0. The van der Waals surface area contributed by atoms with E-state index >= 15 is 0 Å². The highest BCUT2D eigenvalue weighted by Crippen LogP contribution is 2.41. The molecule has 0 saturated carbocycles. The molecule has 292 valence electrons. The van der Waals surface area contributed by atoms with Gasteiger partial charge in [-0.05, 0) is 117 Å². The standard InChI is InChI=1S/C60H42N2/c1-4-15-43(16-5-1)45-27-34-52(35-28-45)61(53-36-29-46(30-37-53)50-22-14-21-49(41-50)44-17-6-2-7-18-44)54-38-31-47(32-39-54)51-33-40-60-57(42-51)56-24-11-13-26-59(56)62(60)58-25-12-10-23-55(58)48-19-8-3-9-20-48/h1-42H/i31D,32D,38D,39D. The molecule has 2 heteroatoms. The molecule has 0 fully saturated rings. The first kappa shape index (κ1) is 32.6. The Bertz CT molecular complexity index is 3520. The summed E-state index contributed by atoms with van der Waals surface area (Å²) >= 11 is 0. The second-order valence-corrected chi connectivity index (χ2v) is 15.4. The van der Waals surface area contributed by atoms with Crippen LogP contribution in [0.5, 0.6) is 0 Å². The average Bonchev–Trinajstić information content (AvgIpc) is 3.71. The number of rotatable bonds is 9. The maximum absolute atomic E-state index is 9.69. The molecule has 1 heterocycles. The lowest BCUT2D eigenvalue weighted by atomic mass is 9.98. The summed E-state index contributed by atoms with van der Waals surface area (Å²) < 4.78 is 40.9. The SMILES string of the molecule is [2H]c1c([2H])c(N(c2ccc(-c3ccccc3)cc2)c2ccc(-c3cccc(-c4ccccc4)c3)cc2)c([2H])c([2H])c1-c1ccc2c(c1)c1ccccc1n2-c1ccccc1-c1ccccc1. The Balaban J connectivity index is 1.04. The molecule has 2 nitrogen and oxygen atoms in total. The summed E-state index contributed by atoms with van der Waals surface area (Å²) in [7, 11) is 0. The van der Waals surface area contributed by atoms with Gasteiger partial charge in [0.1, 0.15) is 0 Å². The molecule has 0 N–H and O–H groups in total. The minimum absolute atomic E-state index is 0.108. The van der Waals surface area contributed by atoms with E-state index in [1.165, 1.54) is 0 Å². The van der Waals surface area contributed by atoms with E-state index in [4.69, 9.17) is 0 Å². The fraction of sp³-hybridized carbons (Fsp3) is 0. The smallest absolute Gasteiger partial charge is 0.0645 e. The van der Waals surface area contributed by atoms with Crippen molar-refractivity contribution in [3.63, 3.8) is 0 Å². The lowest BCUT2D eigenvalue weighted by molar-refractivity contribution is 1.18. The molecule has 0 saturated heterocycles. The van der Waals surface area contributed by atoms with Gasteiger partial charge in [-0.15, -0.1) is 0 Å². The van der Waals surface area contributed by atoms with Gasteiger partial charge < -0.3 is 9.47 Å². The number of benzene rings is 10. The van der Waals surface area contributed by atoms with Gasteiger partial charge in [-0.1, -0.05) is 188 Å². The zero-order valence-corrected chi connectivity index (χ0v) is 33.8. The van der Waals surface area contributed by atoms with Gasteiger partial charge in [-0.3, -0.25) is 0 Å². The highest BCUT2D eigenvalue weighted by molar-refractivity contribution is 6.11. The first-order valence-corrected chi connectivity index (χ1v) is 20.9. The van der Waals surface area contributed by atoms with Gasteiger partial charge in [0.05, 0.1) is 22.2 Å². The highest BCUT2D eigenvalue weighted by atomic mass is 15.1. The van der Waals surface area contributed by atoms with E-state index in [1.54, 1.807) is 0 Å². The van der Waals surface area contributed by atoms with Crippen LogP contribution in [0.3, 0.4) is 0 Å². The van der Waals surface area contributed by atoms with Crippen LogP contribution in [0.15, 0.2) is 255 Å². The van der Waals surface area contributed by atoms with E-state index in [0.29, 0.717) is 16.9 Å². The molecule has 1 aromatic heterocycles. The Labute approximate surface area is 368 Å². The van der Waals surface area contributed by atoms with E-state index in [0.717, 1.165) is 72.0 Å². The van der Waals surface area contributed by atoms with E-state index in [-0.39, 0.29) is 35.4 Å². The molecule has 0 unspecified atom stereocenters.